The topological polar surface area (TPSA) is 63.0 Å². The van der Waals surface area contributed by atoms with Crippen molar-refractivity contribution in [1.29, 1.82) is 0 Å². The Kier molecular flexibility index (Phi) is 5.96. The van der Waals surface area contributed by atoms with Gasteiger partial charge in [0.05, 0.1) is 6.26 Å². The van der Waals surface area contributed by atoms with Gasteiger partial charge < -0.3 is 14.1 Å². The van der Waals surface area contributed by atoms with Gasteiger partial charge in [-0.1, -0.05) is 11.6 Å². The summed E-state index contributed by atoms with van der Waals surface area (Å²) in [5.74, 6) is 0.773. The third-order valence-electron chi connectivity index (χ3n) is 4.41. The zero-order valence-electron chi connectivity index (χ0n) is 14.6. The SMILES string of the molecule is Cc1occc(=O)c1OCCN1CCN(C(=O)c2ccc(Cl)cc2)CC1. The van der Waals surface area contributed by atoms with E-state index in [9.17, 15) is 9.59 Å². The lowest BCUT2D eigenvalue weighted by atomic mass is 10.2. The molecule has 0 saturated carbocycles. The highest BCUT2D eigenvalue weighted by atomic mass is 35.5. The van der Waals surface area contributed by atoms with Crippen LogP contribution in [0.25, 0.3) is 0 Å². The second-order valence-electron chi connectivity index (χ2n) is 6.16. The first-order chi connectivity index (χ1) is 12.5. The molecule has 0 unspecified atom stereocenters. The number of carbonyl (C=O) groups excluding carboxylic acids is 1. The number of hydrogen-bond acceptors (Lipinski definition) is 5. The Hall–Kier alpha value is -2.31. The minimum absolute atomic E-state index is 0.0232. The monoisotopic (exact) mass is 376 g/mol. The molecule has 1 aromatic carbocycles. The minimum atomic E-state index is -0.174. The average molecular weight is 377 g/mol. The summed E-state index contributed by atoms with van der Waals surface area (Å²) in [6.45, 7) is 5.66. The molecule has 1 saturated heterocycles. The highest BCUT2D eigenvalue weighted by Gasteiger charge is 2.22. The number of nitrogens with zero attached hydrogens (tertiary/aromatic N) is 2. The van der Waals surface area contributed by atoms with Crippen molar-refractivity contribution in [1.82, 2.24) is 9.80 Å². The molecule has 1 aliphatic rings. The Bertz CT molecular complexity index is 811. The Morgan fingerprint density at radius 3 is 2.50 bits per heavy atom. The van der Waals surface area contributed by atoms with Crippen molar-refractivity contribution in [2.45, 2.75) is 6.92 Å². The van der Waals surface area contributed by atoms with E-state index in [1.165, 1.54) is 12.3 Å². The first kappa shape index (κ1) is 18.5. The molecule has 2 aromatic rings. The fourth-order valence-electron chi connectivity index (χ4n) is 2.90. The summed E-state index contributed by atoms with van der Waals surface area (Å²) in [5.41, 5.74) is 0.476. The fraction of sp³-hybridized carbons (Fsp3) is 0.368. The Labute approximate surface area is 156 Å². The van der Waals surface area contributed by atoms with E-state index in [2.05, 4.69) is 4.90 Å². The summed E-state index contributed by atoms with van der Waals surface area (Å²) < 4.78 is 10.8. The summed E-state index contributed by atoms with van der Waals surface area (Å²) in [7, 11) is 0. The maximum Gasteiger partial charge on any atom is 0.253 e. The van der Waals surface area contributed by atoms with E-state index >= 15 is 0 Å². The summed E-state index contributed by atoms with van der Waals surface area (Å²) in [5, 5.41) is 0.619. The molecule has 26 heavy (non-hydrogen) atoms. The number of halogens is 1. The van der Waals surface area contributed by atoms with Gasteiger partial charge in [0.2, 0.25) is 11.2 Å². The summed E-state index contributed by atoms with van der Waals surface area (Å²) >= 11 is 5.86. The van der Waals surface area contributed by atoms with Crippen molar-refractivity contribution < 1.29 is 13.9 Å². The van der Waals surface area contributed by atoms with Gasteiger partial charge >= 0.3 is 0 Å². The van der Waals surface area contributed by atoms with Gasteiger partial charge in [-0.3, -0.25) is 14.5 Å². The largest absolute Gasteiger partial charge is 0.485 e. The Balaban J connectivity index is 1.46. The van der Waals surface area contributed by atoms with E-state index in [0.29, 0.717) is 42.6 Å². The third kappa shape index (κ3) is 4.45. The van der Waals surface area contributed by atoms with Crippen LogP contribution in [0.15, 0.2) is 45.8 Å². The van der Waals surface area contributed by atoms with E-state index < -0.39 is 0 Å². The van der Waals surface area contributed by atoms with Crippen LogP contribution in [-0.4, -0.2) is 55.0 Å². The molecule has 138 valence electrons. The first-order valence-electron chi connectivity index (χ1n) is 8.53. The summed E-state index contributed by atoms with van der Waals surface area (Å²) in [6, 6.07) is 8.30. The fourth-order valence-corrected chi connectivity index (χ4v) is 3.03. The smallest absolute Gasteiger partial charge is 0.253 e. The number of rotatable bonds is 5. The predicted octanol–water partition coefficient (Wildman–Crippen LogP) is 2.44. The maximum absolute atomic E-state index is 12.5. The van der Waals surface area contributed by atoms with Gasteiger partial charge in [0.1, 0.15) is 12.4 Å². The molecule has 6 nitrogen and oxygen atoms in total. The van der Waals surface area contributed by atoms with Crippen molar-refractivity contribution in [3.63, 3.8) is 0 Å². The lowest BCUT2D eigenvalue weighted by molar-refractivity contribution is 0.0619. The quantitative estimate of drug-likeness (QED) is 0.802. The van der Waals surface area contributed by atoms with Crippen LogP contribution in [0.1, 0.15) is 16.1 Å². The molecule has 0 spiro atoms. The van der Waals surface area contributed by atoms with Crippen LogP contribution in [0.2, 0.25) is 5.02 Å². The van der Waals surface area contributed by atoms with Gasteiger partial charge in [-0.2, -0.15) is 0 Å². The maximum atomic E-state index is 12.5. The van der Waals surface area contributed by atoms with Gasteiger partial charge in [-0.05, 0) is 31.2 Å². The van der Waals surface area contributed by atoms with Crippen molar-refractivity contribution in [2.24, 2.45) is 0 Å². The van der Waals surface area contributed by atoms with Crippen LogP contribution >= 0.6 is 11.6 Å². The molecule has 0 bridgehead atoms. The standard InChI is InChI=1S/C19H21ClN2O4/c1-14-18(17(23)6-12-25-14)26-13-11-21-7-9-22(10-8-21)19(24)15-2-4-16(20)5-3-15/h2-6,12H,7-11,13H2,1H3. The van der Waals surface area contributed by atoms with Crippen LogP contribution in [0.3, 0.4) is 0 Å². The van der Waals surface area contributed by atoms with Crippen molar-refractivity contribution >= 4 is 17.5 Å². The molecular weight excluding hydrogens is 356 g/mol. The molecule has 3 rings (SSSR count). The number of hydrogen-bond donors (Lipinski definition) is 0. The highest BCUT2D eigenvalue weighted by molar-refractivity contribution is 6.30. The van der Waals surface area contributed by atoms with Crippen LogP contribution in [0, 0.1) is 6.92 Å². The van der Waals surface area contributed by atoms with Gasteiger partial charge in [0.25, 0.3) is 5.91 Å². The number of benzene rings is 1. The molecule has 1 aliphatic heterocycles. The van der Waals surface area contributed by atoms with Crippen LogP contribution < -0.4 is 10.2 Å². The number of aryl methyl sites for hydroxylation is 1. The van der Waals surface area contributed by atoms with E-state index in [0.717, 1.165) is 13.1 Å². The molecule has 1 aromatic heterocycles. The Morgan fingerprint density at radius 2 is 1.85 bits per heavy atom. The van der Waals surface area contributed by atoms with Crippen molar-refractivity contribution in [3.8, 4) is 5.75 Å². The third-order valence-corrected chi connectivity index (χ3v) is 4.66. The second kappa shape index (κ2) is 8.38. The van der Waals surface area contributed by atoms with E-state index in [1.54, 1.807) is 31.2 Å². The zero-order valence-corrected chi connectivity index (χ0v) is 15.4. The normalized spacial score (nSPS) is 15.1. The number of carbonyl (C=O) groups is 1. The zero-order chi connectivity index (χ0) is 18.5. The minimum Gasteiger partial charge on any atom is -0.485 e. The van der Waals surface area contributed by atoms with Crippen LogP contribution in [0.4, 0.5) is 0 Å². The van der Waals surface area contributed by atoms with E-state index in [1.807, 2.05) is 4.90 Å². The van der Waals surface area contributed by atoms with Gasteiger partial charge in [0, 0.05) is 49.4 Å². The molecule has 0 radical (unpaired) electrons. The van der Waals surface area contributed by atoms with E-state index in [-0.39, 0.29) is 17.1 Å². The summed E-state index contributed by atoms with van der Waals surface area (Å²) in [4.78, 5) is 28.3. The Morgan fingerprint density at radius 1 is 1.15 bits per heavy atom. The van der Waals surface area contributed by atoms with Crippen LogP contribution in [0.5, 0.6) is 5.75 Å². The number of piperazine rings is 1. The van der Waals surface area contributed by atoms with Gasteiger partial charge in [-0.15, -0.1) is 0 Å². The molecule has 0 atom stereocenters. The summed E-state index contributed by atoms with van der Waals surface area (Å²) in [6.07, 6.45) is 1.36. The van der Waals surface area contributed by atoms with Gasteiger partial charge in [0.15, 0.2) is 0 Å². The number of amides is 1. The number of ether oxygens (including phenoxy) is 1. The lowest BCUT2D eigenvalue weighted by Gasteiger charge is -2.34. The second-order valence-corrected chi connectivity index (χ2v) is 6.60. The first-order valence-corrected chi connectivity index (χ1v) is 8.91. The molecule has 0 aliphatic carbocycles. The predicted molar refractivity (Wildman–Crippen MR) is 99.0 cm³/mol. The molecule has 2 heterocycles. The van der Waals surface area contributed by atoms with Gasteiger partial charge in [-0.25, -0.2) is 0 Å². The highest BCUT2D eigenvalue weighted by Crippen LogP contribution is 2.14. The average Bonchev–Trinajstić information content (AvgIpc) is 2.65. The molecule has 0 N–H and O–H groups in total. The molecule has 1 amide bonds. The van der Waals surface area contributed by atoms with E-state index in [4.69, 9.17) is 20.8 Å². The van der Waals surface area contributed by atoms with Crippen molar-refractivity contribution in [2.75, 3.05) is 39.3 Å². The molecular formula is C19H21ClN2O4. The van der Waals surface area contributed by atoms with Crippen molar-refractivity contribution in [3.05, 3.63) is 63.2 Å². The van der Waals surface area contributed by atoms with Crippen LogP contribution in [-0.2, 0) is 0 Å². The molecule has 1 fully saturated rings. The lowest BCUT2D eigenvalue weighted by Crippen LogP contribution is -2.49. The molecule has 7 heteroatoms.